The normalized spacial score (nSPS) is 10.9. The average Bonchev–Trinajstić information content (AvgIpc) is 2.48. The van der Waals surface area contributed by atoms with Crippen LogP contribution in [-0.4, -0.2) is 29.7 Å². The predicted octanol–water partition coefficient (Wildman–Crippen LogP) is 2.12. The highest BCUT2D eigenvalue weighted by Gasteiger charge is 2.05. The molecule has 1 aromatic carbocycles. The number of benzene rings is 1. The fourth-order valence-corrected chi connectivity index (χ4v) is 2.03. The van der Waals surface area contributed by atoms with Crippen molar-refractivity contribution >= 4 is 22.3 Å². The smallest absolute Gasteiger partial charge is 0.258 e. The fraction of sp³-hybridized carbons (Fsp3) is 0.467. The van der Waals surface area contributed by atoms with Crippen molar-refractivity contribution in [2.45, 2.75) is 26.2 Å². The highest BCUT2D eigenvalue weighted by Crippen LogP contribution is 2.22. The number of nitrogens with one attached hydrogen (secondary N) is 2. The molecule has 0 aliphatic carbocycles. The minimum absolute atomic E-state index is 0.178. The molecular formula is C15H22N4O2. The van der Waals surface area contributed by atoms with Crippen LogP contribution in [0.25, 0.3) is 10.9 Å². The SMILES string of the molecule is CCCCOCCCNc1cc2nc[nH]c(=O)c2cc1N. The number of H-pyrrole nitrogens is 1. The van der Waals surface area contributed by atoms with E-state index in [2.05, 4.69) is 22.2 Å². The third kappa shape index (κ3) is 4.19. The molecule has 21 heavy (non-hydrogen) atoms. The van der Waals surface area contributed by atoms with Crippen LogP contribution in [0, 0.1) is 0 Å². The van der Waals surface area contributed by atoms with Crippen LogP contribution < -0.4 is 16.6 Å². The average molecular weight is 290 g/mol. The van der Waals surface area contributed by atoms with Crippen molar-refractivity contribution in [3.05, 3.63) is 28.8 Å². The van der Waals surface area contributed by atoms with Crippen molar-refractivity contribution in [1.29, 1.82) is 0 Å². The number of aromatic amines is 1. The van der Waals surface area contributed by atoms with Crippen LogP contribution in [0.1, 0.15) is 26.2 Å². The molecule has 0 amide bonds. The maximum absolute atomic E-state index is 11.6. The number of fused-ring (bicyclic) bond motifs is 1. The van der Waals surface area contributed by atoms with Crippen LogP contribution in [0.3, 0.4) is 0 Å². The van der Waals surface area contributed by atoms with Gasteiger partial charge < -0.3 is 20.8 Å². The lowest BCUT2D eigenvalue weighted by Gasteiger charge is -2.10. The number of unbranched alkanes of at least 4 members (excludes halogenated alkanes) is 1. The fourth-order valence-electron chi connectivity index (χ4n) is 2.03. The number of ether oxygens (including phenoxy) is 1. The first-order valence-corrected chi connectivity index (χ1v) is 7.31. The van der Waals surface area contributed by atoms with Gasteiger partial charge in [0, 0.05) is 19.8 Å². The van der Waals surface area contributed by atoms with Crippen LogP contribution in [0.4, 0.5) is 11.4 Å². The Morgan fingerprint density at radius 1 is 1.33 bits per heavy atom. The zero-order valence-corrected chi connectivity index (χ0v) is 12.3. The molecular weight excluding hydrogens is 268 g/mol. The second kappa shape index (κ2) is 7.64. The van der Waals surface area contributed by atoms with Crippen molar-refractivity contribution < 1.29 is 4.74 Å². The van der Waals surface area contributed by atoms with Crippen LogP contribution in [-0.2, 0) is 4.74 Å². The summed E-state index contributed by atoms with van der Waals surface area (Å²) in [5.74, 6) is 0. The first kappa shape index (κ1) is 15.3. The summed E-state index contributed by atoms with van der Waals surface area (Å²) in [6.45, 7) is 4.47. The summed E-state index contributed by atoms with van der Waals surface area (Å²) >= 11 is 0. The molecule has 1 heterocycles. The van der Waals surface area contributed by atoms with E-state index in [1.165, 1.54) is 6.33 Å². The molecule has 0 unspecified atom stereocenters. The molecule has 0 saturated heterocycles. The number of nitrogens with zero attached hydrogens (tertiary/aromatic N) is 1. The van der Waals surface area contributed by atoms with Crippen molar-refractivity contribution in [2.75, 3.05) is 30.8 Å². The maximum atomic E-state index is 11.6. The molecule has 0 bridgehead atoms. The summed E-state index contributed by atoms with van der Waals surface area (Å²) in [6.07, 6.45) is 4.56. The van der Waals surface area contributed by atoms with E-state index in [0.29, 0.717) is 16.6 Å². The van der Waals surface area contributed by atoms with Crippen LogP contribution in [0.2, 0.25) is 0 Å². The monoisotopic (exact) mass is 290 g/mol. The molecule has 6 nitrogen and oxygen atoms in total. The van der Waals surface area contributed by atoms with Gasteiger partial charge in [-0.15, -0.1) is 0 Å². The van der Waals surface area contributed by atoms with Gasteiger partial charge in [-0.3, -0.25) is 4.79 Å². The Bertz CT molecular complexity index is 639. The van der Waals surface area contributed by atoms with Crippen LogP contribution >= 0.6 is 0 Å². The van der Waals surface area contributed by atoms with Gasteiger partial charge in [0.1, 0.15) is 0 Å². The molecule has 0 fully saturated rings. The summed E-state index contributed by atoms with van der Waals surface area (Å²) in [6, 6.07) is 3.46. The van der Waals surface area contributed by atoms with Crippen molar-refractivity contribution in [3.63, 3.8) is 0 Å². The third-order valence-electron chi connectivity index (χ3n) is 3.23. The largest absolute Gasteiger partial charge is 0.397 e. The molecule has 0 spiro atoms. The molecule has 0 atom stereocenters. The van der Waals surface area contributed by atoms with Gasteiger partial charge in [-0.2, -0.15) is 0 Å². The van der Waals surface area contributed by atoms with E-state index in [-0.39, 0.29) is 5.56 Å². The zero-order valence-electron chi connectivity index (χ0n) is 12.3. The Balaban J connectivity index is 1.90. The van der Waals surface area contributed by atoms with E-state index in [4.69, 9.17) is 10.5 Å². The van der Waals surface area contributed by atoms with Crippen molar-refractivity contribution in [3.8, 4) is 0 Å². The van der Waals surface area contributed by atoms with E-state index < -0.39 is 0 Å². The molecule has 4 N–H and O–H groups in total. The van der Waals surface area contributed by atoms with Gasteiger partial charge in [0.25, 0.3) is 5.56 Å². The van der Waals surface area contributed by atoms with E-state index in [0.717, 1.165) is 44.7 Å². The molecule has 0 aliphatic heterocycles. The number of hydrogen-bond acceptors (Lipinski definition) is 5. The van der Waals surface area contributed by atoms with Gasteiger partial charge in [0.15, 0.2) is 0 Å². The molecule has 1 aromatic heterocycles. The van der Waals surface area contributed by atoms with Gasteiger partial charge in [0.2, 0.25) is 0 Å². The summed E-state index contributed by atoms with van der Waals surface area (Å²) in [4.78, 5) is 18.3. The Morgan fingerprint density at radius 2 is 2.14 bits per heavy atom. The summed E-state index contributed by atoms with van der Waals surface area (Å²) < 4.78 is 5.50. The lowest BCUT2D eigenvalue weighted by Crippen LogP contribution is -2.10. The van der Waals surface area contributed by atoms with Gasteiger partial charge in [-0.05, 0) is 25.0 Å². The third-order valence-corrected chi connectivity index (χ3v) is 3.23. The molecule has 0 radical (unpaired) electrons. The Labute approximate surface area is 123 Å². The van der Waals surface area contributed by atoms with E-state index >= 15 is 0 Å². The zero-order chi connectivity index (χ0) is 15.1. The summed E-state index contributed by atoms with van der Waals surface area (Å²) in [5, 5.41) is 3.76. The molecule has 2 rings (SSSR count). The van der Waals surface area contributed by atoms with Gasteiger partial charge >= 0.3 is 0 Å². The molecule has 114 valence electrons. The summed E-state index contributed by atoms with van der Waals surface area (Å²) in [7, 11) is 0. The topological polar surface area (TPSA) is 93.0 Å². The number of nitrogens with two attached hydrogens (primary N) is 1. The minimum Gasteiger partial charge on any atom is -0.397 e. The Morgan fingerprint density at radius 3 is 2.95 bits per heavy atom. The lowest BCUT2D eigenvalue weighted by molar-refractivity contribution is 0.131. The molecule has 0 aliphatic rings. The summed E-state index contributed by atoms with van der Waals surface area (Å²) in [5.41, 5.74) is 7.77. The van der Waals surface area contributed by atoms with Gasteiger partial charge in [0.05, 0.1) is 28.6 Å². The van der Waals surface area contributed by atoms with Crippen molar-refractivity contribution in [1.82, 2.24) is 9.97 Å². The van der Waals surface area contributed by atoms with Crippen LogP contribution in [0.15, 0.2) is 23.3 Å². The highest BCUT2D eigenvalue weighted by molar-refractivity contribution is 5.88. The number of hydrogen-bond donors (Lipinski definition) is 3. The first-order chi connectivity index (χ1) is 10.2. The van der Waals surface area contributed by atoms with E-state index in [1.807, 2.05) is 0 Å². The predicted molar refractivity (Wildman–Crippen MR) is 85.6 cm³/mol. The second-order valence-corrected chi connectivity index (χ2v) is 4.93. The highest BCUT2D eigenvalue weighted by atomic mass is 16.5. The Kier molecular flexibility index (Phi) is 5.57. The lowest BCUT2D eigenvalue weighted by atomic mass is 10.2. The minimum atomic E-state index is -0.178. The van der Waals surface area contributed by atoms with E-state index in [1.54, 1.807) is 12.1 Å². The molecule has 0 saturated carbocycles. The number of aromatic nitrogens is 2. The Hall–Kier alpha value is -2.08. The second-order valence-electron chi connectivity index (χ2n) is 4.93. The molecule has 2 aromatic rings. The van der Waals surface area contributed by atoms with Gasteiger partial charge in [-0.25, -0.2) is 4.98 Å². The quantitative estimate of drug-likeness (QED) is 0.511. The van der Waals surface area contributed by atoms with Crippen LogP contribution in [0.5, 0.6) is 0 Å². The molecule has 6 heteroatoms. The standard InChI is InChI=1S/C15H22N4O2/c1-2-3-6-21-7-4-5-17-14-9-13-11(8-12(14)16)15(20)19-10-18-13/h8-10,17H,2-7,16H2,1H3,(H,18,19,20). The number of anilines is 2. The number of nitrogen functional groups attached to an aromatic ring is 1. The maximum Gasteiger partial charge on any atom is 0.258 e. The van der Waals surface area contributed by atoms with E-state index in [9.17, 15) is 4.79 Å². The first-order valence-electron chi connectivity index (χ1n) is 7.31. The number of rotatable bonds is 8. The van der Waals surface area contributed by atoms with Gasteiger partial charge in [-0.1, -0.05) is 13.3 Å². The van der Waals surface area contributed by atoms with Crippen molar-refractivity contribution in [2.24, 2.45) is 0 Å².